The van der Waals surface area contributed by atoms with Gasteiger partial charge < -0.3 is 9.84 Å². The molecule has 3 heteroatoms. The normalized spacial score (nSPS) is 18.7. The van der Waals surface area contributed by atoms with E-state index in [1.807, 2.05) is 12.1 Å². The average Bonchev–Trinajstić information content (AvgIpc) is 2.93. The van der Waals surface area contributed by atoms with Crippen LogP contribution in [0.1, 0.15) is 38.2 Å². The molecule has 0 fully saturated rings. The largest absolute Gasteiger partial charge is 0.507 e. The number of ether oxygens (including phenoxy) is 1. The van der Waals surface area contributed by atoms with Crippen LogP contribution >= 0.6 is 15.9 Å². The third-order valence-corrected chi connectivity index (χ3v) is 3.92. The molecule has 0 aromatic heterocycles. The Kier molecular flexibility index (Phi) is 5.86. The monoisotopic (exact) mass is 336 g/mol. The Hall–Kier alpha value is -1.06. The average molecular weight is 337 g/mol. The van der Waals surface area contributed by atoms with Gasteiger partial charge in [-0.05, 0) is 37.5 Å². The van der Waals surface area contributed by atoms with E-state index < -0.39 is 0 Å². The van der Waals surface area contributed by atoms with Crippen LogP contribution in [0.4, 0.5) is 0 Å². The van der Waals surface area contributed by atoms with Gasteiger partial charge in [0, 0.05) is 10.0 Å². The lowest BCUT2D eigenvalue weighted by Gasteiger charge is -2.11. The molecule has 1 heterocycles. The summed E-state index contributed by atoms with van der Waals surface area (Å²) in [4.78, 5) is 0. The zero-order valence-electron chi connectivity index (χ0n) is 11.8. The number of benzene rings is 1. The maximum Gasteiger partial charge on any atom is 0.122 e. The number of phenolic OH excluding ortho intramolecular Hbond substituents is 1. The summed E-state index contributed by atoms with van der Waals surface area (Å²) < 4.78 is 6.56. The third kappa shape index (κ3) is 4.50. The van der Waals surface area contributed by atoms with E-state index in [1.165, 1.54) is 5.57 Å². The van der Waals surface area contributed by atoms with Crippen LogP contribution in [0.25, 0.3) is 6.08 Å². The van der Waals surface area contributed by atoms with Crippen LogP contribution in [0, 0.1) is 0 Å². The van der Waals surface area contributed by atoms with Crippen LogP contribution in [0.3, 0.4) is 0 Å². The summed E-state index contributed by atoms with van der Waals surface area (Å²) in [7, 11) is 0. The number of allylic oxidation sites excluding steroid dienone is 1. The summed E-state index contributed by atoms with van der Waals surface area (Å²) in [6.07, 6.45) is 10.8. The van der Waals surface area contributed by atoms with Gasteiger partial charge in [0.1, 0.15) is 5.75 Å². The zero-order valence-corrected chi connectivity index (χ0v) is 13.4. The van der Waals surface area contributed by atoms with Gasteiger partial charge in [-0.25, -0.2) is 0 Å². The molecule has 0 aliphatic carbocycles. The predicted molar refractivity (Wildman–Crippen MR) is 86.8 cm³/mol. The molecule has 1 aromatic carbocycles. The van der Waals surface area contributed by atoms with E-state index in [0.29, 0.717) is 5.75 Å². The molecule has 1 aliphatic rings. The second-order valence-corrected chi connectivity index (χ2v) is 6.01. The Balaban J connectivity index is 2.07. The Morgan fingerprint density at radius 3 is 3.00 bits per heavy atom. The minimum Gasteiger partial charge on any atom is -0.507 e. The highest BCUT2D eigenvalue weighted by molar-refractivity contribution is 9.10. The van der Waals surface area contributed by atoms with Gasteiger partial charge in [0.15, 0.2) is 0 Å². The van der Waals surface area contributed by atoms with Crippen LogP contribution in [0.15, 0.2) is 40.4 Å². The van der Waals surface area contributed by atoms with E-state index in [2.05, 4.69) is 41.1 Å². The molecule has 0 saturated heterocycles. The number of hydrogen-bond donors (Lipinski definition) is 1. The molecule has 20 heavy (non-hydrogen) atoms. The minimum atomic E-state index is 0.256. The van der Waals surface area contributed by atoms with Crippen molar-refractivity contribution < 1.29 is 9.84 Å². The van der Waals surface area contributed by atoms with Crippen molar-refractivity contribution >= 4 is 22.0 Å². The summed E-state index contributed by atoms with van der Waals surface area (Å²) in [6.45, 7) is 2.92. The van der Waals surface area contributed by atoms with Gasteiger partial charge in [0.25, 0.3) is 0 Å². The Morgan fingerprint density at radius 1 is 1.45 bits per heavy atom. The maximum absolute atomic E-state index is 9.93. The summed E-state index contributed by atoms with van der Waals surface area (Å²) in [5, 5.41) is 9.93. The van der Waals surface area contributed by atoms with E-state index >= 15 is 0 Å². The van der Waals surface area contributed by atoms with Crippen LogP contribution in [0.5, 0.6) is 5.75 Å². The Labute approximate surface area is 129 Å². The highest BCUT2D eigenvalue weighted by Gasteiger charge is 2.10. The summed E-state index contributed by atoms with van der Waals surface area (Å²) >= 11 is 3.45. The van der Waals surface area contributed by atoms with E-state index in [9.17, 15) is 5.11 Å². The van der Waals surface area contributed by atoms with Crippen LogP contribution in [0.2, 0.25) is 0 Å². The number of phenols is 1. The van der Waals surface area contributed by atoms with Crippen LogP contribution in [-0.4, -0.2) is 17.8 Å². The first kappa shape index (κ1) is 15.3. The quantitative estimate of drug-likeness (QED) is 0.734. The van der Waals surface area contributed by atoms with Crippen LogP contribution < -0.4 is 0 Å². The van der Waals surface area contributed by atoms with Crippen molar-refractivity contribution in [2.75, 3.05) is 6.61 Å². The molecule has 0 amide bonds. The molecule has 2 rings (SSSR count). The molecule has 0 unspecified atom stereocenters. The lowest BCUT2D eigenvalue weighted by Crippen LogP contribution is -2.04. The van der Waals surface area contributed by atoms with Gasteiger partial charge in [-0.2, -0.15) is 0 Å². The highest BCUT2D eigenvalue weighted by Crippen LogP contribution is 2.27. The lowest BCUT2D eigenvalue weighted by molar-refractivity contribution is 0.121. The molecule has 1 N–H and O–H groups in total. The summed E-state index contributed by atoms with van der Waals surface area (Å²) in [6, 6.07) is 5.53. The molecule has 1 aliphatic heterocycles. The van der Waals surface area contributed by atoms with Crippen molar-refractivity contribution in [3.05, 3.63) is 46.0 Å². The van der Waals surface area contributed by atoms with Crippen molar-refractivity contribution in [2.45, 2.75) is 38.7 Å². The van der Waals surface area contributed by atoms with Crippen molar-refractivity contribution in [1.82, 2.24) is 0 Å². The SMILES string of the molecule is CCC/C(=C\c1cc(Br)ccc1O)CC[C@@H]1C=CCO1. The molecule has 0 bridgehead atoms. The predicted octanol–water partition coefficient (Wildman–Crippen LogP) is 5.07. The van der Waals surface area contributed by atoms with Crippen molar-refractivity contribution in [3.8, 4) is 5.75 Å². The molecule has 1 atom stereocenters. The molecule has 108 valence electrons. The fourth-order valence-corrected chi connectivity index (χ4v) is 2.78. The van der Waals surface area contributed by atoms with Crippen molar-refractivity contribution in [1.29, 1.82) is 0 Å². The standard InChI is InChI=1S/C17H21BrO2/c1-2-4-13(6-8-16-5-3-10-20-16)11-14-12-15(18)7-9-17(14)19/h3,5,7,9,11-12,16,19H,2,4,6,8,10H2,1H3/b13-11+/t16-/m0/s1. The van der Waals surface area contributed by atoms with Gasteiger partial charge in [-0.15, -0.1) is 0 Å². The molecule has 0 radical (unpaired) electrons. The minimum absolute atomic E-state index is 0.256. The lowest BCUT2D eigenvalue weighted by atomic mass is 10.00. The smallest absolute Gasteiger partial charge is 0.122 e. The Bertz CT molecular complexity index is 506. The molecule has 0 spiro atoms. The number of hydrogen-bond acceptors (Lipinski definition) is 2. The van der Waals surface area contributed by atoms with Crippen molar-refractivity contribution in [3.63, 3.8) is 0 Å². The molecular formula is C17H21BrO2. The second-order valence-electron chi connectivity index (χ2n) is 5.09. The van der Waals surface area contributed by atoms with Gasteiger partial charge in [0.2, 0.25) is 0 Å². The van der Waals surface area contributed by atoms with Gasteiger partial charge in [-0.3, -0.25) is 0 Å². The fraction of sp³-hybridized carbons (Fsp3) is 0.412. The first-order chi connectivity index (χ1) is 9.69. The fourth-order valence-electron chi connectivity index (χ4n) is 2.40. The number of rotatable bonds is 6. The molecule has 1 aromatic rings. The third-order valence-electron chi connectivity index (χ3n) is 3.43. The molecule has 2 nitrogen and oxygen atoms in total. The summed E-state index contributed by atoms with van der Waals surface area (Å²) in [5.74, 6) is 0.332. The van der Waals surface area contributed by atoms with E-state index in [1.54, 1.807) is 6.07 Å². The van der Waals surface area contributed by atoms with E-state index in [4.69, 9.17) is 4.74 Å². The Morgan fingerprint density at radius 2 is 2.30 bits per heavy atom. The highest BCUT2D eigenvalue weighted by atomic mass is 79.9. The maximum atomic E-state index is 9.93. The summed E-state index contributed by atoms with van der Waals surface area (Å²) in [5.41, 5.74) is 2.25. The van der Waals surface area contributed by atoms with Gasteiger partial charge in [0.05, 0.1) is 12.7 Å². The van der Waals surface area contributed by atoms with E-state index in [0.717, 1.165) is 42.3 Å². The first-order valence-corrected chi connectivity index (χ1v) is 7.94. The molecular weight excluding hydrogens is 316 g/mol. The topological polar surface area (TPSA) is 29.5 Å². The first-order valence-electron chi connectivity index (χ1n) is 7.15. The van der Waals surface area contributed by atoms with Crippen molar-refractivity contribution in [2.24, 2.45) is 0 Å². The number of aromatic hydroxyl groups is 1. The van der Waals surface area contributed by atoms with E-state index in [-0.39, 0.29) is 6.10 Å². The van der Waals surface area contributed by atoms with Gasteiger partial charge >= 0.3 is 0 Å². The molecule has 0 saturated carbocycles. The number of halogens is 1. The van der Waals surface area contributed by atoms with Crippen LogP contribution in [-0.2, 0) is 4.74 Å². The zero-order chi connectivity index (χ0) is 14.4. The van der Waals surface area contributed by atoms with Gasteiger partial charge in [-0.1, -0.05) is 53.1 Å². The second kappa shape index (κ2) is 7.65.